The number of rotatable bonds is 2. The summed E-state index contributed by atoms with van der Waals surface area (Å²) in [5.41, 5.74) is 1.37. The lowest BCUT2D eigenvalue weighted by Gasteiger charge is -1.95. The van der Waals surface area contributed by atoms with Gasteiger partial charge in [0.15, 0.2) is 0 Å². The monoisotopic (exact) mass is 197 g/mol. The maximum Gasteiger partial charge on any atom is 0.0254 e. The molecule has 0 unspecified atom stereocenters. The summed E-state index contributed by atoms with van der Waals surface area (Å²) in [6.07, 6.45) is 2.36. The molecule has 0 aliphatic heterocycles. The molecule has 0 bridgehead atoms. The highest BCUT2D eigenvalue weighted by Crippen LogP contribution is 2.10. The van der Waals surface area contributed by atoms with Crippen LogP contribution >= 0.6 is 15.9 Å². The second-order valence-corrected chi connectivity index (χ2v) is 3.15. The van der Waals surface area contributed by atoms with Gasteiger partial charge in [-0.2, -0.15) is 0 Å². The van der Waals surface area contributed by atoms with Gasteiger partial charge in [0.2, 0.25) is 0 Å². The zero-order valence-corrected chi connectivity index (χ0v) is 7.61. The summed E-state index contributed by atoms with van der Waals surface area (Å²) in [4.78, 5) is 0. The molecule has 0 fully saturated rings. The third kappa shape index (κ3) is 2.14. The quantitative estimate of drug-likeness (QED) is 0.684. The van der Waals surface area contributed by atoms with E-state index in [-0.39, 0.29) is 0 Å². The summed E-state index contributed by atoms with van der Waals surface area (Å²) in [6.45, 7) is 2.18. The van der Waals surface area contributed by atoms with Gasteiger partial charge in [0, 0.05) is 4.47 Å². The molecule has 1 aromatic rings. The SMILES string of the molecule is CCCc1c[c]c(Br)cc1. The Labute approximate surface area is 70.4 Å². The van der Waals surface area contributed by atoms with Crippen LogP contribution in [0.25, 0.3) is 0 Å². The summed E-state index contributed by atoms with van der Waals surface area (Å²) in [5, 5.41) is 0. The number of hydrogen-bond donors (Lipinski definition) is 0. The number of benzene rings is 1. The second-order valence-electron chi connectivity index (χ2n) is 2.29. The molecule has 1 radical (unpaired) electrons. The van der Waals surface area contributed by atoms with Gasteiger partial charge < -0.3 is 0 Å². The van der Waals surface area contributed by atoms with Crippen molar-refractivity contribution in [2.75, 3.05) is 0 Å². The van der Waals surface area contributed by atoms with Crippen LogP contribution in [0.15, 0.2) is 22.7 Å². The van der Waals surface area contributed by atoms with E-state index in [1.165, 1.54) is 12.0 Å². The lowest BCUT2D eigenvalue weighted by Crippen LogP contribution is -1.80. The van der Waals surface area contributed by atoms with Gasteiger partial charge in [0.05, 0.1) is 0 Å². The normalized spacial score (nSPS) is 9.80. The minimum absolute atomic E-state index is 1.03. The van der Waals surface area contributed by atoms with Crippen LogP contribution in [0, 0.1) is 6.07 Å². The summed E-state index contributed by atoms with van der Waals surface area (Å²) < 4.78 is 1.03. The molecule has 0 heterocycles. The predicted molar refractivity (Wildman–Crippen MR) is 47.0 cm³/mol. The molecule has 1 rings (SSSR count). The minimum Gasteiger partial charge on any atom is -0.0651 e. The number of hydrogen-bond acceptors (Lipinski definition) is 0. The molecule has 0 aliphatic carbocycles. The first kappa shape index (κ1) is 7.80. The first-order valence-electron chi connectivity index (χ1n) is 3.49. The zero-order valence-electron chi connectivity index (χ0n) is 6.02. The molecule has 0 saturated carbocycles. The molecule has 0 saturated heterocycles. The molecule has 1 heteroatoms. The summed E-state index contributed by atoms with van der Waals surface area (Å²) in [5.74, 6) is 0. The Hall–Kier alpha value is -0.300. The van der Waals surface area contributed by atoms with Crippen molar-refractivity contribution in [2.45, 2.75) is 19.8 Å². The standard InChI is InChI=1S/C9H10Br/c1-2-3-8-4-6-9(10)7-5-8/h4-6H,2-3H2,1H3. The van der Waals surface area contributed by atoms with Crippen LogP contribution < -0.4 is 0 Å². The van der Waals surface area contributed by atoms with E-state index in [9.17, 15) is 0 Å². The first-order chi connectivity index (χ1) is 4.83. The van der Waals surface area contributed by atoms with E-state index < -0.39 is 0 Å². The Bertz CT molecular complexity index is 188. The average molecular weight is 198 g/mol. The average Bonchev–Trinajstić information content (AvgIpc) is 1.95. The third-order valence-corrected chi connectivity index (χ3v) is 1.87. The Balaban J connectivity index is 2.69. The molecule has 0 amide bonds. The molecule has 0 spiro atoms. The van der Waals surface area contributed by atoms with Crippen molar-refractivity contribution in [3.63, 3.8) is 0 Å². The molecule has 0 nitrogen and oxygen atoms in total. The first-order valence-corrected chi connectivity index (χ1v) is 4.28. The van der Waals surface area contributed by atoms with Gasteiger partial charge in [0.25, 0.3) is 0 Å². The van der Waals surface area contributed by atoms with Gasteiger partial charge in [-0.1, -0.05) is 35.3 Å². The van der Waals surface area contributed by atoms with Crippen molar-refractivity contribution in [1.29, 1.82) is 0 Å². The zero-order chi connectivity index (χ0) is 7.40. The minimum atomic E-state index is 1.03. The van der Waals surface area contributed by atoms with Crippen LogP contribution in [0.1, 0.15) is 18.9 Å². The van der Waals surface area contributed by atoms with E-state index >= 15 is 0 Å². The molecule has 10 heavy (non-hydrogen) atoms. The van der Waals surface area contributed by atoms with Crippen LogP contribution in [0.5, 0.6) is 0 Å². The van der Waals surface area contributed by atoms with Crippen molar-refractivity contribution in [3.8, 4) is 0 Å². The molecular weight excluding hydrogens is 188 g/mol. The van der Waals surface area contributed by atoms with Crippen LogP contribution in [0.4, 0.5) is 0 Å². The van der Waals surface area contributed by atoms with Gasteiger partial charge in [-0.25, -0.2) is 0 Å². The van der Waals surface area contributed by atoms with E-state index in [0.717, 1.165) is 10.9 Å². The van der Waals surface area contributed by atoms with Crippen molar-refractivity contribution in [2.24, 2.45) is 0 Å². The van der Waals surface area contributed by atoms with Gasteiger partial charge in [0.1, 0.15) is 0 Å². The Morgan fingerprint density at radius 1 is 1.50 bits per heavy atom. The fraction of sp³-hybridized carbons (Fsp3) is 0.333. The highest BCUT2D eigenvalue weighted by atomic mass is 79.9. The molecule has 0 aliphatic rings. The van der Waals surface area contributed by atoms with Crippen LogP contribution in [0.3, 0.4) is 0 Å². The van der Waals surface area contributed by atoms with Crippen LogP contribution in [-0.4, -0.2) is 0 Å². The van der Waals surface area contributed by atoms with Gasteiger partial charge in [-0.3, -0.25) is 0 Å². The van der Waals surface area contributed by atoms with Crippen LogP contribution in [0.2, 0.25) is 0 Å². The Morgan fingerprint density at radius 3 is 2.80 bits per heavy atom. The van der Waals surface area contributed by atoms with Crippen molar-refractivity contribution < 1.29 is 0 Å². The van der Waals surface area contributed by atoms with Crippen molar-refractivity contribution >= 4 is 15.9 Å². The molecule has 0 atom stereocenters. The maximum absolute atomic E-state index is 3.34. The smallest absolute Gasteiger partial charge is 0.0254 e. The lowest BCUT2D eigenvalue weighted by molar-refractivity contribution is 0.921. The summed E-state index contributed by atoms with van der Waals surface area (Å²) in [7, 11) is 0. The number of halogens is 1. The summed E-state index contributed by atoms with van der Waals surface area (Å²) >= 11 is 3.34. The number of aryl methyl sites for hydroxylation is 1. The van der Waals surface area contributed by atoms with E-state index in [0.29, 0.717) is 0 Å². The summed E-state index contributed by atoms with van der Waals surface area (Å²) in [6, 6.07) is 9.30. The van der Waals surface area contributed by atoms with Crippen molar-refractivity contribution in [3.05, 3.63) is 34.3 Å². The maximum atomic E-state index is 3.34. The molecular formula is C9H10Br. The van der Waals surface area contributed by atoms with Crippen LogP contribution in [-0.2, 0) is 6.42 Å². The Kier molecular flexibility index (Phi) is 2.94. The second kappa shape index (κ2) is 3.77. The van der Waals surface area contributed by atoms with E-state index in [1.807, 2.05) is 12.1 Å². The Morgan fingerprint density at radius 2 is 2.30 bits per heavy atom. The van der Waals surface area contributed by atoms with Gasteiger partial charge in [-0.15, -0.1) is 0 Å². The molecule has 1 aromatic carbocycles. The third-order valence-electron chi connectivity index (χ3n) is 1.38. The molecule has 0 N–H and O–H groups in total. The molecule has 53 valence electrons. The molecule has 0 aromatic heterocycles. The fourth-order valence-electron chi connectivity index (χ4n) is 0.882. The van der Waals surface area contributed by atoms with Gasteiger partial charge >= 0.3 is 0 Å². The van der Waals surface area contributed by atoms with Crippen molar-refractivity contribution in [1.82, 2.24) is 0 Å². The highest BCUT2D eigenvalue weighted by molar-refractivity contribution is 9.10. The predicted octanol–water partition coefficient (Wildman–Crippen LogP) is 3.20. The largest absolute Gasteiger partial charge is 0.0651 e. The van der Waals surface area contributed by atoms with E-state index in [4.69, 9.17) is 0 Å². The topological polar surface area (TPSA) is 0 Å². The highest BCUT2D eigenvalue weighted by Gasteiger charge is 1.89. The fourth-order valence-corrected chi connectivity index (χ4v) is 1.13. The van der Waals surface area contributed by atoms with E-state index in [2.05, 4.69) is 35.0 Å². The van der Waals surface area contributed by atoms with Gasteiger partial charge in [-0.05, 0) is 30.2 Å². The lowest BCUT2D eigenvalue weighted by atomic mass is 10.1. The van der Waals surface area contributed by atoms with E-state index in [1.54, 1.807) is 0 Å².